The minimum atomic E-state index is -4.50. The molecule has 0 saturated heterocycles. The van der Waals surface area contributed by atoms with Crippen molar-refractivity contribution in [2.45, 2.75) is 26.1 Å². The van der Waals surface area contributed by atoms with Gasteiger partial charge in [0.05, 0.1) is 17.0 Å². The van der Waals surface area contributed by atoms with Gasteiger partial charge in [-0.1, -0.05) is 0 Å². The van der Waals surface area contributed by atoms with Crippen molar-refractivity contribution >= 4 is 35.0 Å². The van der Waals surface area contributed by atoms with E-state index < -0.39 is 24.9 Å². The topological polar surface area (TPSA) is 93.8 Å². The first-order valence-corrected chi connectivity index (χ1v) is 11.4. The third kappa shape index (κ3) is 4.67. The van der Waals surface area contributed by atoms with Gasteiger partial charge in [-0.2, -0.15) is 13.2 Å². The van der Waals surface area contributed by atoms with E-state index in [9.17, 15) is 17.7 Å². The Morgan fingerprint density at radius 3 is 2.45 bits per heavy atom. The van der Waals surface area contributed by atoms with Gasteiger partial charge in [0.2, 0.25) is 0 Å². The Bertz CT molecular complexity index is 1130. The zero-order valence-corrected chi connectivity index (χ0v) is 17.3. The fourth-order valence-electron chi connectivity index (χ4n) is 2.89. The second kappa shape index (κ2) is 7.30. The van der Waals surface area contributed by atoms with Gasteiger partial charge in [-0.25, -0.2) is 15.0 Å². The van der Waals surface area contributed by atoms with E-state index in [1.54, 1.807) is 33.2 Å². The van der Waals surface area contributed by atoms with Crippen LogP contribution in [0.4, 0.5) is 24.7 Å². The Hall–Kier alpha value is -2.67. The molecule has 0 aliphatic carbocycles. The van der Waals surface area contributed by atoms with Crippen molar-refractivity contribution in [1.29, 1.82) is 0 Å². The molecule has 0 spiro atoms. The predicted octanol–water partition coefficient (Wildman–Crippen LogP) is 4.36. The Labute approximate surface area is 166 Å². The number of pyridine rings is 1. The fraction of sp³-hybridized carbons (Fsp3) is 0.316. The summed E-state index contributed by atoms with van der Waals surface area (Å²) in [4.78, 5) is 12.9. The van der Waals surface area contributed by atoms with Gasteiger partial charge in [-0.3, -0.25) is 0 Å². The van der Waals surface area contributed by atoms with E-state index in [2.05, 4.69) is 20.3 Å². The molecule has 0 radical (unpaired) electrons. The molecule has 6 nitrogen and oxygen atoms in total. The molecule has 0 aliphatic heterocycles. The van der Waals surface area contributed by atoms with Crippen LogP contribution in [-0.4, -0.2) is 28.3 Å². The summed E-state index contributed by atoms with van der Waals surface area (Å²) in [5, 5.41) is 4.23. The number of halogens is 3. The maximum Gasteiger partial charge on any atom is 0.416 e. The molecule has 0 fully saturated rings. The minimum Gasteiger partial charge on any atom is -0.399 e. The Balaban J connectivity index is 2.05. The van der Waals surface area contributed by atoms with E-state index in [0.717, 1.165) is 12.1 Å². The summed E-state index contributed by atoms with van der Waals surface area (Å²) < 4.78 is 51.8. The van der Waals surface area contributed by atoms with E-state index in [0.29, 0.717) is 33.5 Å². The van der Waals surface area contributed by atoms with Crippen LogP contribution in [0.5, 0.6) is 0 Å². The standard InChI is InChI=1S/C19H21F3N5OP/c1-10(12-5-13(19(20,21)22)7-14(23)6-12)25-18-16-8-15(29(3,4)28)9-24-17(16)26-11(2)27-18/h5-10H,23H2,1-4H3,(H,24,25,26,27). The number of rotatable bonds is 4. The lowest BCUT2D eigenvalue weighted by molar-refractivity contribution is -0.137. The summed E-state index contributed by atoms with van der Waals surface area (Å²) in [6.45, 7) is 6.66. The van der Waals surface area contributed by atoms with Gasteiger partial charge >= 0.3 is 6.18 Å². The number of hydrogen-bond acceptors (Lipinski definition) is 6. The van der Waals surface area contributed by atoms with Gasteiger partial charge in [0.25, 0.3) is 0 Å². The number of nitrogens with zero attached hydrogens (tertiary/aromatic N) is 3. The molecule has 0 bridgehead atoms. The van der Waals surface area contributed by atoms with Crippen LogP contribution in [0.15, 0.2) is 30.5 Å². The van der Waals surface area contributed by atoms with Crippen LogP contribution in [-0.2, 0) is 10.7 Å². The smallest absolute Gasteiger partial charge is 0.399 e. The molecule has 3 rings (SSSR count). The molecule has 2 aromatic heterocycles. The highest BCUT2D eigenvalue weighted by Crippen LogP contribution is 2.36. The second-order valence-electron chi connectivity index (χ2n) is 7.29. The van der Waals surface area contributed by atoms with Crippen LogP contribution < -0.4 is 16.4 Å². The average Bonchev–Trinajstić information content (AvgIpc) is 2.59. The van der Waals surface area contributed by atoms with Crippen molar-refractivity contribution in [2.24, 2.45) is 0 Å². The lowest BCUT2D eigenvalue weighted by Gasteiger charge is -2.19. The van der Waals surface area contributed by atoms with Gasteiger partial charge in [0.1, 0.15) is 18.8 Å². The van der Waals surface area contributed by atoms with Crippen LogP contribution in [0.3, 0.4) is 0 Å². The monoisotopic (exact) mass is 423 g/mol. The molecular weight excluding hydrogens is 402 g/mol. The normalized spacial score (nSPS) is 13.5. The number of aromatic nitrogens is 3. The van der Waals surface area contributed by atoms with Crippen LogP contribution in [0.25, 0.3) is 11.0 Å². The number of benzene rings is 1. The van der Waals surface area contributed by atoms with Crippen LogP contribution in [0.2, 0.25) is 0 Å². The lowest BCUT2D eigenvalue weighted by Crippen LogP contribution is -2.14. The Morgan fingerprint density at radius 2 is 1.83 bits per heavy atom. The molecule has 2 heterocycles. The number of aryl methyl sites for hydroxylation is 1. The molecular formula is C19H21F3N5OP. The number of hydrogen-bond donors (Lipinski definition) is 2. The number of anilines is 2. The highest BCUT2D eigenvalue weighted by molar-refractivity contribution is 7.70. The van der Waals surface area contributed by atoms with E-state index in [-0.39, 0.29) is 5.69 Å². The molecule has 1 atom stereocenters. The number of nitrogens with two attached hydrogens (primary N) is 1. The number of alkyl halides is 3. The highest BCUT2D eigenvalue weighted by atomic mass is 31.2. The quantitative estimate of drug-likeness (QED) is 0.479. The van der Waals surface area contributed by atoms with E-state index >= 15 is 0 Å². The summed E-state index contributed by atoms with van der Waals surface area (Å²) in [6.07, 6.45) is -2.97. The molecule has 3 aromatic rings. The van der Waals surface area contributed by atoms with Gasteiger partial charge in [-0.15, -0.1) is 0 Å². The first-order chi connectivity index (χ1) is 13.3. The van der Waals surface area contributed by atoms with Gasteiger partial charge in [0, 0.05) is 17.2 Å². The third-order valence-corrected chi connectivity index (χ3v) is 5.92. The zero-order chi connectivity index (χ0) is 21.6. The average molecular weight is 423 g/mol. The molecule has 154 valence electrons. The molecule has 0 aliphatic rings. The Morgan fingerprint density at radius 1 is 1.14 bits per heavy atom. The summed E-state index contributed by atoms with van der Waals surface area (Å²) in [6, 6.07) is 4.62. The first kappa shape index (κ1) is 21.0. The van der Waals surface area contributed by atoms with Crippen molar-refractivity contribution in [1.82, 2.24) is 15.0 Å². The molecule has 1 unspecified atom stereocenters. The van der Waals surface area contributed by atoms with Crippen molar-refractivity contribution in [3.63, 3.8) is 0 Å². The minimum absolute atomic E-state index is 0.0223. The summed E-state index contributed by atoms with van der Waals surface area (Å²) in [7, 11) is -2.57. The molecule has 0 saturated carbocycles. The third-order valence-electron chi connectivity index (χ3n) is 4.43. The van der Waals surface area contributed by atoms with Gasteiger partial charge in [0.15, 0.2) is 5.65 Å². The van der Waals surface area contributed by atoms with E-state index in [1.165, 1.54) is 12.3 Å². The van der Waals surface area contributed by atoms with E-state index in [1.807, 2.05) is 0 Å². The second-order valence-corrected chi connectivity index (χ2v) is 10.5. The van der Waals surface area contributed by atoms with Crippen molar-refractivity contribution in [3.05, 3.63) is 47.4 Å². The SMILES string of the molecule is Cc1nc(NC(C)c2cc(N)cc(C(F)(F)F)c2)c2cc(P(C)(C)=O)cnc2n1. The zero-order valence-electron chi connectivity index (χ0n) is 16.4. The maximum absolute atomic E-state index is 13.1. The van der Waals surface area contributed by atoms with Crippen molar-refractivity contribution < 1.29 is 17.7 Å². The summed E-state index contributed by atoms with van der Waals surface area (Å²) in [5.41, 5.74) is 5.66. The van der Waals surface area contributed by atoms with Crippen LogP contribution in [0, 0.1) is 6.92 Å². The number of nitrogen functional groups attached to an aromatic ring is 1. The molecule has 0 amide bonds. The Kier molecular flexibility index (Phi) is 5.30. The number of fused-ring (bicyclic) bond motifs is 1. The summed E-state index contributed by atoms with van der Waals surface area (Å²) >= 11 is 0. The molecule has 3 N–H and O–H groups in total. The van der Waals surface area contributed by atoms with Gasteiger partial charge in [-0.05, 0) is 57.0 Å². The van der Waals surface area contributed by atoms with Crippen molar-refractivity contribution in [2.75, 3.05) is 24.4 Å². The largest absolute Gasteiger partial charge is 0.416 e. The van der Waals surface area contributed by atoms with Crippen LogP contribution >= 0.6 is 7.14 Å². The van der Waals surface area contributed by atoms with E-state index in [4.69, 9.17) is 5.73 Å². The summed E-state index contributed by atoms with van der Waals surface area (Å²) in [5.74, 6) is 0.853. The fourth-order valence-corrected chi connectivity index (χ4v) is 3.67. The molecule has 10 heteroatoms. The number of nitrogens with one attached hydrogen (secondary N) is 1. The van der Waals surface area contributed by atoms with Crippen LogP contribution in [0.1, 0.15) is 29.9 Å². The first-order valence-electron chi connectivity index (χ1n) is 8.79. The van der Waals surface area contributed by atoms with Gasteiger partial charge < -0.3 is 15.6 Å². The molecule has 1 aromatic carbocycles. The van der Waals surface area contributed by atoms with Crippen molar-refractivity contribution in [3.8, 4) is 0 Å². The molecule has 29 heavy (non-hydrogen) atoms. The maximum atomic E-state index is 13.1. The predicted molar refractivity (Wildman–Crippen MR) is 109 cm³/mol. The lowest BCUT2D eigenvalue weighted by atomic mass is 10.0. The highest BCUT2D eigenvalue weighted by Gasteiger charge is 2.31.